The number of nitriles is 1. The van der Waals surface area contributed by atoms with Gasteiger partial charge >= 0.3 is 20.3 Å². The normalized spacial score (nSPS) is 20.5. The molecule has 7 atom stereocenters. The fourth-order valence-corrected chi connectivity index (χ4v) is 8.87. The molecule has 0 saturated carbocycles. The van der Waals surface area contributed by atoms with Crippen molar-refractivity contribution in [2.75, 3.05) is 45.8 Å². The fourth-order valence-electron chi connectivity index (χ4n) is 7.72. The molecule has 23 nitrogen and oxygen atoms in total. The maximum absolute atomic E-state index is 13.5. The molecule has 0 aliphatic carbocycles. The number of ether oxygens (including phenoxy) is 5. The number of aliphatic imine (C=N–C) groups is 1. The number of nitrogens with one attached hydrogen (secondary N) is 2. The summed E-state index contributed by atoms with van der Waals surface area (Å²) in [6.07, 6.45) is 0.198. The van der Waals surface area contributed by atoms with Crippen molar-refractivity contribution in [3.8, 4) is 17.6 Å². The van der Waals surface area contributed by atoms with Gasteiger partial charge in [0, 0.05) is 26.9 Å². The van der Waals surface area contributed by atoms with Crippen LogP contribution in [0.4, 0.5) is 11.9 Å². The SMILES string of the molecule is CC[C@H]1O[C@@H](n2cnc(N=CN(C)C)nc2=O)CC1OP(OCCC#N)OC[C@H]1O[C@@H](n2cnc3c(=O)[nH]c(NC(=O)COc4ccc(C(C)(C)C)cc4)nc32)CC1OC(=O)COc1ccc(C(C)(C)C)cc1. The fraction of sp³-hybridized carbons (Fsp3) is 0.510. The van der Waals surface area contributed by atoms with Crippen LogP contribution in [0.5, 0.6) is 11.5 Å². The lowest BCUT2D eigenvalue weighted by Gasteiger charge is -2.25. The second-order valence-corrected chi connectivity index (χ2v) is 20.7. The summed E-state index contributed by atoms with van der Waals surface area (Å²) >= 11 is 0. The van der Waals surface area contributed by atoms with Crippen LogP contribution < -0.4 is 26.0 Å². The van der Waals surface area contributed by atoms with Crippen molar-refractivity contribution in [3.63, 3.8) is 0 Å². The van der Waals surface area contributed by atoms with E-state index in [1.54, 1.807) is 43.3 Å². The Morgan fingerprint density at radius 2 is 1.49 bits per heavy atom. The minimum atomic E-state index is -2.21. The van der Waals surface area contributed by atoms with Gasteiger partial charge in [-0.2, -0.15) is 15.2 Å². The van der Waals surface area contributed by atoms with Gasteiger partial charge in [-0.05, 0) is 52.6 Å². The molecule has 0 radical (unpaired) electrons. The van der Waals surface area contributed by atoms with E-state index in [0.29, 0.717) is 17.9 Å². The van der Waals surface area contributed by atoms with Crippen molar-refractivity contribution in [2.24, 2.45) is 4.99 Å². The van der Waals surface area contributed by atoms with E-state index in [1.165, 1.54) is 28.1 Å². The van der Waals surface area contributed by atoms with E-state index in [9.17, 15) is 24.4 Å². The van der Waals surface area contributed by atoms with Crippen LogP contribution in [0.15, 0.2) is 75.8 Å². The van der Waals surface area contributed by atoms with Crippen LogP contribution in [0.2, 0.25) is 0 Å². The summed E-state index contributed by atoms with van der Waals surface area (Å²) in [5.41, 5.74) is 0.855. The van der Waals surface area contributed by atoms with Gasteiger partial charge in [0.15, 0.2) is 24.4 Å². The maximum Gasteiger partial charge on any atom is 0.354 e. The molecule has 3 aromatic heterocycles. The second-order valence-electron chi connectivity index (χ2n) is 19.5. The molecule has 5 heterocycles. The van der Waals surface area contributed by atoms with Gasteiger partial charge in [0.05, 0.1) is 50.6 Å². The Kier molecular flexibility index (Phi) is 17.7. The van der Waals surface area contributed by atoms with E-state index in [-0.39, 0.29) is 73.0 Å². The molecule has 2 N–H and O–H groups in total. The summed E-state index contributed by atoms with van der Waals surface area (Å²) in [6, 6.07) is 16.9. The number of aromatic amines is 1. The van der Waals surface area contributed by atoms with Crippen LogP contribution in [-0.2, 0) is 48.2 Å². The number of carbonyl (C=O) groups excluding carboxylic acids is 2. The Morgan fingerprint density at radius 1 is 0.877 bits per heavy atom. The lowest BCUT2D eigenvalue weighted by molar-refractivity contribution is -0.155. The molecule has 2 aliphatic rings. The number of esters is 1. The predicted octanol–water partition coefficient (Wildman–Crippen LogP) is 6.14. The quantitative estimate of drug-likeness (QED) is 0.0275. The Labute approximate surface area is 423 Å². The Bertz CT molecular complexity index is 2870. The monoisotopic (exact) mass is 1030 g/mol. The van der Waals surface area contributed by atoms with Crippen LogP contribution in [0.25, 0.3) is 11.2 Å². The van der Waals surface area contributed by atoms with E-state index in [0.717, 1.165) is 11.1 Å². The maximum atomic E-state index is 13.5. The summed E-state index contributed by atoms with van der Waals surface area (Å²) in [4.78, 5) is 78.2. The van der Waals surface area contributed by atoms with E-state index < -0.39 is 75.2 Å². The van der Waals surface area contributed by atoms with Crippen LogP contribution in [0.1, 0.15) is 97.7 Å². The standard InChI is InChI=1S/C49H62N11O12P/c1-10-34-36(23-40(69-34)60-29-53-45(57-47(60)64)52-27-58(8)9)72-73(67-21-11-20-50)68-24-37-35(71-41(62)26-66-33-18-14-31(15-19-33)49(5,6)7)22-39(70-37)59-28-51-42-43(59)55-46(56-44(42)63)54-38(61)25-65-32-16-12-30(13-17-32)48(2,3)4/h12-19,27-29,34-37,39-40H,10-11,21-26H2,1-9H3,(H2,54,55,56,61,63)/t34-,35?,36?,37-,39-,40-,73?/m1/s1. The lowest BCUT2D eigenvalue weighted by atomic mass is 9.87. The van der Waals surface area contributed by atoms with Gasteiger partial charge in [-0.15, -0.1) is 0 Å². The molecule has 1 amide bonds. The third-order valence-corrected chi connectivity index (χ3v) is 12.8. The number of aromatic nitrogens is 7. The molecule has 2 aromatic carbocycles. The summed E-state index contributed by atoms with van der Waals surface area (Å²) in [5.74, 6) is -0.473. The largest absolute Gasteiger partial charge is 0.484 e. The highest BCUT2D eigenvalue weighted by Crippen LogP contribution is 2.47. The number of hydrogen-bond donors (Lipinski definition) is 2. The van der Waals surface area contributed by atoms with E-state index in [4.69, 9.17) is 37.3 Å². The molecule has 7 rings (SSSR count). The first-order valence-electron chi connectivity index (χ1n) is 23.8. The van der Waals surface area contributed by atoms with Gasteiger partial charge in [-0.3, -0.25) is 29.0 Å². The van der Waals surface area contributed by atoms with Crippen molar-refractivity contribution in [3.05, 3.63) is 93.2 Å². The Balaban J connectivity index is 1.07. The third-order valence-electron chi connectivity index (χ3n) is 11.6. The summed E-state index contributed by atoms with van der Waals surface area (Å²) in [5, 5.41) is 11.9. The topological polar surface area (TPSA) is 271 Å². The summed E-state index contributed by atoms with van der Waals surface area (Å²) in [7, 11) is 1.34. The number of rotatable bonds is 21. The highest BCUT2D eigenvalue weighted by atomic mass is 31.2. The highest BCUT2D eigenvalue weighted by Gasteiger charge is 2.43. The molecule has 2 saturated heterocycles. The van der Waals surface area contributed by atoms with Crippen LogP contribution >= 0.6 is 8.60 Å². The zero-order valence-corrected chi connectivity index (χ0v) is 43.2. The molecule has 5 aromatic rings. The first-order chi connectivity index (χ1) is 34.8. The number of amides is 1. The third kappa shape index (κ3) is 14.5. The highest BCUT2D eigenvalue weighted by molar-refractivity contribution is 7.41. The van der Waals surface area contributed by atoms with Gasteiger partial charge in [-0.25, -0.2) is 24.5 Å². The molecule has 24 heteroatoms. The average molecular weight is 1030 g/mol. The van der Waals surface area contributed by atoms with E-state index >= 15 is 0 Å². The van der Waals surface area contributed by atoms with Crippen molar-refractivity contribution in [2.45, 2.75) is 122 Å². The molecule has 2 aliphatic heterocycles. The Hall–Kier alpha value is -6.67. The van der Waals surface area contributed by atoms with Crippen molar-refractivity contribution in [1.29, 1.82) is 5.26 Å². The number of H-pyrrole nitrogens is 1. The van der Waals surface area contributed by atoms with Gasteiger partial charge in [0.2, 0.25) is 5.95 Å². The van der Waals surface area contributed by atoms with E-state index in [2.05, 4.69) is 76.8 Å². The number of fused-ring (bicyclic) bond motifs is 1. The van der Waals surface area contributed by atoms with Crippen molar-refractivity contribution in [1.82, 2.24) is 39.0 Å². The summed E-state index contributed by atoms with van der Waals surface area (Å²) < 4.78 is 51.7. The molecule has 390 valence electrons. The zero-order valence-electron chi connectivity index (χ0n) is 42.3. The molecule has 3 unspecified atom stereocenters. The number of benzene rings is 2. The molecule has 73 heavy (non-hydrogen) atoms. The van der Waals surface area contributed by atoms with Crippen LogP contribution in [-0.4, -0.2) is 122 Å². The minimum Gasteiger partial charge on any atom is -0.484 e. The molecule has 2 fully saturated rings. The number of anilines is 1. The van der Waals surface area contributed by atoms with Crippen LogP contribution in [0.3, 0.4) is 0 Å². The smallest absolute Gasteiger partial charge is 0.354 e. The molecular weight excluding hydrogens is 966 g/mol. The van der Waals surface area contributed by atoms with Crippen molar-refractivity contribution >= 4 is 49.9 Å². The minimum absolute atomic E-state index is 0.00533. The van der Waals surface area contributed by atoms with Gasteiger partial charge in [-0.1, -0.05) is 72.7 Å². The van der Waals surface area contributed by atoms with Gasteiger partial charge in [0.1, 0.15) is 42.5 Å². The number of hydrogen-bond acceptors (Lipinski definition) is 18. The molecule has 0 bridgehead atoms. The second kappa shape index (κ2) is 23.9. The first kappa shape index (κ1) is 54.1. The predicted molar refractivity (Wildman–Crippen MR) is 267 cm³/mol. The van der Waals surface area contributed by atoms with E-state index in [1.807, 2.05) is 37.3 Å². The molecule has 0 spiro atoms. The number of nitrogens with zero attached hydrogens (tertiary/aromatic N) is 9. The Morgan fingerprint density at radius 3 is 2.11 bits per heavy atom. The first-order valence-corrected chi connectivity index (χ1v) is 24.9. The number of imidazole rings is 1. The zero-order chi connectivity index (χ0) is 52.5. The number of carbonyl (C=O) groups is 2. The van der Waals surface area contributed by atoms with Gasteiger partial charge < -0.3 is 42.2 Å². The average Bonchev–Trinajstić information content (AvgIpc) is 4.08. The van der Waals surface area contributed by atoms with Crippen molar-refractivity contribution < 1.29 is 46.8 Å². The van der Waals surface area contributed by atoms with Crippen LogP contribution in [0, 0.1) is 11.3 Å². The molecular formula is C49H62N11O12P. The van der Waals surface area contributed by atoms with Gasteiger partial charge in [0.25, 0.3) is 17.4 Å². The summed E-state index contributed by atoms with van der Waals surface area (Å²) in [6.45, 7) is 13.4. The lowest BCUT2D eigenvalue weighted by Crippen LogP contribution is -2.32.